The van der Waals surface area contributed by atoms with Gasteiger partial charge in [0.25, 0.3) is 0 Å². The molecule has 1 N–H and O–H groups in total. The van der Waals surface area contributed by atoms with E-state index in [1.54, 1.807) is 30.0 Å². The Morgan fingerprint density at radius 1 is 1.03 bits per heavy atom. The van der Waals surface area contributed by atoms with Gasteiger partial charge in [-0.25, -0.2) is 0 Å². The van der Waals surface area contributed by atoms with E-state index in [0.717, 1.165) is 24.0 Å². The molecule has 2 amide bonds. The van der Waals surface area contributed by atoms with Gasteiger partial charge in [0.15, 0.2) is 0 Å². The summed E-state index contributed by atoms with van der Waals surface area (Å²) < 4.78 is 0. The van der Waals surface area contributed by atoms with Gasteiger partial charge in [-0.15, -0.1) is 0 Å². The molecule has 2 aromatic rings. The molecule has 0 aliphatic carbocycles. The molecule has 0 saturated carbocycles. The molecule has 0 radical (unpaired) electrons. The van der Waals surface area contributed by atoms with Crippen LogP contribution < -0.4 is 5.32 Å². The number of carbonyl (C=O) groups excluding carboxylic acids is 2. The molecule has 0 fully saturated rings. The van der Waals surface area contributed by atoms with Crippen molar-refractivity contribution in [3.63, 3.8) is 0 Å². The zero-order valence-electron chi connectivity index (χ0n) is 19.5. The number of unbranched alkanes of at least 4 members (excludes halogenated alkanes) is 1. The third-order valence-electron chi connectivity index (χ3n) is 5.63. The van der Waals surface area contributed by atoms with E-state index < -0.39 is 6.04 Å². The lowest BCUT2D eigenvalue weighted by Gasteiger charge is -2.29. The minimum absolute atomic E-state index is 0.0814. The van der Waals surface area contributed by atoms with Gasteiger partial charge in [0, 0.05) is 29.6 Å². The second kappa shape index (κ2) is 12.9. The molecule has 0 heterocycles. The summed E-state index contributed by atoms with van der Waals surface area (Å²) in [6.07, 6.45) is 2.83. The molecule has 0 spiro atoms. The van der Waals surface area contributed by atoms with Crippen LogP contribution in [0.2, 0.25) is 10.0 Å². The van der Waals surface area contributed by atoms with Crippen LogP contribution in [0.3, 0.4) is 0 Å². The molecule has 2 aromatic carbocycles. The average Bonchev–Trinajstić information content (AvgIpc) is 2.77. The van der Waals surface area contributed by atoms with Crippen molar-refractivity contribution in [2.75, 3.05) is 6.54 Å². The predicted octanol–water partition coefficient (Wildman–Crippen LogP) is 6.38. The molecule has 0 aliphatic heterocycles. The van der Waals surface area contributed by atoms with E-state index in [2.05, 4.69) is 50.4 Å². The summed E-state index contributed by atoms with van der Waals surface area (Å²) in [6.45, 7) is 9.01. The largest absolute Gasteiger partial charge is 0.354 e. The van der Waals surface area contributed by atoms with E-state index >= 15 is 0 Å². The Hall–Kier alpha value is -2.04. The minimum atomic E-state index is -0.602. The van der Waals surface area contributed by atoms with Gasteiger partial charge < -0.3 is 10.2 Å². The summed E-state index contributed by atoms with van der Waals surface area (Å²) in [5, 5.41) is 3.95. The fourth-order valence-corrected chi connectivity index (χ4v) is 3.88. The Kier molecular flexibility index (Phi) is 10.5. The topological polar surface area (TPSA) is 49.4 Å². The van der Waals surface area contributed by atoms with Gasteiger partial charge in [-0.2, -0.15) is 0 Å². The van der Waals surface area contributed by atoms with Crippen LogP contribution in [0.4, 0.5) is 0 Å². The summed E-state index contributed by atoms with van der Waals surface area (Å²) in [4.78, 5) is 27.5. The van der Waals surface area contributed by atoms with Crippen molar-refractivity contribution < 1.29 is 9.59 Å². The summed E-state index contributed by atoms with van der Waals surface area (Å²) in [5.41, 5.74) is 3.14. The van der Waals surface area contributed by atoms with Crippen molar-refractivity contribution in [1.29, 1.82) is 0 Å². The highest BCUT2D eigenvalue weighted by atomic mass is 35.5. The number of carbonyl (C=O) groups is 2. The number of hydrogen-bond donors (Lipinski definition) is 1. The third-order valence-corrected chi connectivity index (χ3v) is 6.21. The highest BCUT2D eigenvalue weighted by Gasteiger charge is 2.26. The van der Waals surface area contributed by atoms with Gasteiger partial charge >= 0.3 is 0 Å². The van der Waals surface area contributed by atoms with Crippen molar-refractivity contribution in [2.45, 2.75) is 71.9 Å². The van der Waals surface area contributed by atoms with Crippen molar-refractivity contribution >= 4 is 35.0 Å². The van der Waals surface area contributed by atoms with Crippen LogP contribution in [-0.2, 0) is 22.6 Å². The Morgan fingerprint density at radius 3 is 2.31 bits per heavy atom. The third kappa shape index (κ3) is 7.83. The smallest absolute Gasteiger partial charge is 0.242 e. The van der Waals surface area contributed by atoms with Gasteiger partial charge in [-0.1, -0.05) is 80.7 Å². The summed E-state index contributed by atoms with van der Waals surface area (Å²) in [6, 6.07) is 13.0. The Labute approximate surface area is 202 Å². The van der Waals surface area contributed by atoms with Crippen molar-refractivity contribution in [2.24, 2.45) is 0 Å². The van der Waals surface area contributed by atoms with E-state index in [0.29, 0.717) is 35.3 Å². The predicted molar refractivity (Wildman–Crippen MR) is 133 cm³/mol. The normalized spacial score (nSPS) is 12.0. The van der Waals surface area contributed by atoms with Gasteiger partial charge in [0.05, 0.1) is 0 Å². The van der Waals surface area contributed by atoms with Crippen LogP contribution in [0.15, 0.2) is 42.5 Å². The van der Waals surface area contributed by atoms with E-state index in [1.807, 2.05) is 0 Å². The average molecular weight is 477 g/mol. The van der Waals surface area contributed by atoms with Crippen LogP contribution in [0.1, 0.15) is 69.6 Å². The maximum Gasteiger partial charge on any atom is 0.242 e. The molecular formula is C26H34Cl2N2O2. The van der Waals surface area contributed by atoms with Crippen LogP contribution in [0.25, 0.3) is 0 Å². The first-order valence-corrected chi connectivity index (χ1v) is 12.1. The molecule has 1 atom stereocenters. The van der Waals surface area contributed by atoms with Crippen molar-refractivity contribution in [3.05, 3.63) is 69.2 Å². The molecular weight excluding hydrogens is 443 g/mol. The maximum atomic E-state index is 13.2. The number of nitrogens with zero attached hydrogens (tertiary/aromatic N) is 1. The summed E-state index contributed by atoms with van der Waals surface area (Å²) in [5.74, 6) is 0.234. The molecule has 0 bridgehead atoms. The summed E-state index contributed by atoms with van der Waals surface area (Å²) >= 11 is 12.4. The Balaban J connectivity index is 2.14. The van der Waals surface area contributed by atoms with E-state index in [1.165, 1.54) is 5.56 Å². The zero-order valence-corrected chi connectivity index (χ0v) is 21.0. The number of hydrogen-bond acceptors (Lipinski definition) is 2. The molecule has 0 aromatic heterocycles. The molecule has 2 rings (SSSR count). The van der Waals surface area contributed by atoms with Crippen LogP contribution >= 0.6 is 23.2 Å². The SMILES string of the molecule is CCCCNC(=O)[C@@H](C)N(Cc1ccc(Cl)cc1Cl)C(=O)CCc1ccc(C(C)C)cc1. The molecule has 6 heteroatoms. The molecule has 4 nitrogen and oxygen atoms in total. The van der Waals surface area contributed by atoms with Gasteiger partial charge in [-0.3, -0.25) is 9.59 Å². The monoisotopic (exact) mass is 476 g/mol. The quantitative estimate of drug-likeness (QED) is 0.382. The fourth-order valence-electron chi connectivity index (χ4n) is 3.42. The van der Waals surface area contributed by atoms with E-state index in [-0.39, 0.29) is 18.4 Å². The lowest BCUT2D eigenvalue weighted by Crippen LogP contribution is -2.47. The number of amides is 2. The molecule has 0 aliphatic rings. The lowest BCUT2D eigenvalue weighted by atomic mass is 10.00. The first kappa shape index (κ1) is 26.2. The first-order valence-electron chi connectivity index (χ1n) is 11.3. The second-order valence-corrected chi connectivity index (χ2v) is 9.32. The zero-order chi connectivity index (χ0) is 23.7. The minimum Gasteiger partial charge on any atom is -0.354 e. The first-order chi connectivity index (χ1) is 15.2. The van der Waals surface area contributed by atoms with Gasteiger partial charge in [0.2, 0.25) is 11.8 Å². The van der Waals surface area contributed by atoms with Crippen LogP contribution in [0, 0.1) is 0 Å². The Morgan fingerprint density at radius 2 is 1.72 bits per heavy atom. The number of benzene rings is 2. The number of aryl methyl sites for hydroxylation is 1. The number of nitrogens with one attached hydrogen (secondary N) is 1. The molecule has 0 saturated heterocycles. The second-order valence-electron chi connectivity index (χ2n) is 8.47. The highest BCUT2D eigenvalue weighted by Crippen LogP contribution is 2.24. The molecule has 0 unspecified atom stereocenters. The van der Waals surface area contributed by atoms with Crippen LogP contribution in [-0.4, -0.2) is 29.3 Å². The highest BCUT2D eigenvalue weighted by molar-refractivity contribution is 6.35. The van der Waals surface area contributed by atoms with Gasteiger partial charge in [0.1, 0.15) is 6.04 Å². The number of rotatable bonds is 11. The van der Waals surface area contributed by atoms with Crippen LogP contribution in [0.5, 0.6) is 0 Å². The Bertz CT molecular complexity index is 897. The number of halogens is 2. The molecule has 32 heavy (non-hydrogen) atoms. The van der Waals surface area contributed by atoms with Crippen molar-refractivity contribution in [1.82, 2.24) is 10.2 Å². The fraction of sp³-hybridized carbons (Fsp3) is 0.462. The maximum absolute atomic E-state index is 13.2. The van der Waals surface area contributed by atoms with E-state index in [9.17, 15) is 9.59 Å². The van der Waals surface area contributed by atoms with Gasteiger partial charge in [-0.05, 0) is 54.5 Å². The standard InChI is InChI=1S/C26H34Cl2N2O2/c1-5-6-15-29-26(32)19(4)30(17-22-12-13-23(27)16-24(22)28)25(31)14-9-20-7-10-21(11-8-20)18(2)3/h7-8,10-13,16,18-19H,5-6,9,14-15,17H2,1-4H3,(H,29,32)/t19-/m1/s1. The molecule has 174 valence electrons. The summed E-state index contributed by atoms with van der Waals surface area (Å²) in [7, 11) is 0. The van der Waals surface area contributed by atoms with Crippen molar-refractivity contribution in [3.8, 4) is 0 Å². The van der Waals surface area contributed by atoms with E-state index in [4.69, 9.17) is 23.2 Å². The lowest BCUT2D eigenvalue weighted by molar-refractivity contribution is -0.140.